The van der Waals surface area contributed by atoms with Crippen molar-refractivity contribution < 1.29 is 4.74 Å². The zero-order valence-electron chi connectivity index (χ0n) is 11.9. The molecule has 0 spiro atoms. The third-order valence-corrected chi connectivity index (χ3v) is 2.80. The second kappa shape index (κ2) is 9.89. The van der Waals surface area contributed by atoms with Gasteiger partial charge in [-0.05, 0) is 32.4 Å². The number of nitrogens with two attached hydrogens (primary N) is 1. The van der Waals surface area contributed by atoms with Crippen LogP contribution in [-0.4, -0.2) is 37.1 Å². The third kappa shape index (κ3) is 6.13. The first-order valence-electron chi connectivity index (χ1n) is 6.42. The Morgan fingerprint density at radius 3 is 2.47 bits per heavy atom. The minimum Gasteiger partial charge on any atom is -0.491 e. The number of halogens is 1. The summed E-state index contributed by atoms with van der Waals surface area (Å²) in [6, 6.07) is 7.96. The number of para-hydroxylation sites is 1. The molecule has 108 valence electrons. The number of aryl methyl sites for hydroxylation is 1. The summed E-state index contributed by atoms with van der Waals surface area (Å²) in [5.41, 5.74) is 7.01. The lowest BCUT2D eigenvalue weighted by molar-refractivity contribution is 0.325. The van der Waals surface area contributed by atoms with E-state index in [1.165, 1.54) is 0 Å². The van der Waals surface area contributed by atoms with Crippen molar-refractivity contribution in [3.8, 4) is 5.75 Å². The second-order valence-corrected chi connectivity index (χ2v) is 4.03. The molecule has 0 bridgehead atoms. The first kappa shape index (κ1) is 18.0. The summed E-state index contributed by atoms with van der Waals surface area (Å²) in [4.78, 5) is 6.33. The molecule has 0 amide bonds. The minimum atomic E-state index is 0. The van der Waals surface area contributed by atoms with Crippen LogP contribution in [0.5, 0.6) is 5.75 Å². The summed E-state index contributed by atoms with van der Waals surface area (Å²) < 4.78 is 5.65. The Labute approximate surface area is 133 Å². The van der Waals surface area contributed by atoms with E-state index in [2.05, 4.69) is 18.8 Å². The fourth-order valence-corrected chi connectivity index (χ4v) is 1.68. The van der Waals surface area contributed by atoms with Crippen LogP contribution in [0.4, 0.5) is 0 Å². The number of rotatable bonds is 6. The van der Waals surface area contributed by atoms with E-state index in [1.807, 2.05) is 36.1 Å². The van der Waals surface area contributed by atoms with Crippen molar-refractivity contribution in [2.75, 3.05) is 26.2 Å². The van der Waals surface area contributed by atoms with Crippen LogP contribution >= 0.6 is 24.0 Å². The maximum Gasteiger partial charge on any atom is 0.191 e. The fourth-order valence-electron chi connectivity index (χ4n) is 1.68. The lowest BCUT2D eigenvalue weighted by Crippen LogP contribution is -2.37. The number of nitrogens with zero attached hydrogens (tertiary/aromatic N) is 2. The first-order chi connectivity index (χ1) is 8.69. The molecule has 0 atom stereocenters. The van der Waals surface area contributed by atoms with E-state index in [9.17, 15) is 0 Å². The Kier molecular flexibility index (Phi) is 9.38. The molecule has 5 heteroatoms. The Balaban J connectivity index is 0.00000324. The van der Waals surface area contributed by atoms with Crippen molar-refractivity contribution in [2.24, 2.45) is 10.7 Å². The predicted molar refractivity (Wildman–Crippen MR) is 91.5 cm³/mol. The molecular weight excluding hydrogens is 353 g/mol. The van der Waals surface area contributed by atoms with Crippen LogP contribution in [0, 0.1) is 6.92 Å². The molecule has 4 nitrogen and oxygen atoms in total. The van der Waals surface area contributed by atoms with Crippen LogP contribution in [0.25, 0.3) is 0 Å². The van der Waals surface area contributed by atoms with Gasteiger partial charge in [0.15, 0.2) is 5.96 Å². The van der Waals surface area contributed by atoms with Crippen LogP contribution in [0.2, 0.25) is 0 Å². The highest BCUT2D eigenvalue weighted by Crippen LogP contribution is 2.15. The highest BCUT2D eigenvalue weighted by Gasteiger charge is 2.01. The summed E-state index contributed by atoms with van der Waals surface area (Å²) in [6.07, 6.45) is 0. The van der Waals surface area contributed by atoms with Gasteiger partial charge in [0.1, 0.15) is 12.4 Å². The molecule has 0 heterocycles. The molecule has 0 aliphatic rings. The van der Waals surface area contributed by atoms with E-state index in [1.54, 1.807) is 0 Å². The number of ether oxygens (including phenoxy) is 1. The zero-order valence-corrected chi connectivity index (χ0v) is 14.3. The van der Waals surface area contributed by atoms with Crippen LogP contribution in [-0.2, 0) is 0 Å². The average Bonchev–Trinajstić information content (AvgIpc) is 2.38. The molecule has 0 aromatic heterocycles. The number of hydrogen-bond donors (Lipinski definition) is 1. The van der Waals surface area contributed by atoms with Crippen LogP contribution < -0.4 is 10.5 Å². The van der Waals surface area contributed by atoms with Crippen molar-refractivity contribution in [1.82, 2.24) is 4.90 Å². The normalized spacial score (nSPS) is 10.8. The van der Waals surface area contributed by atoms with Gasteiger partial charge in [0, 0.05) is 13.1 Å². The lowest BCUT2D eigenvalue weighted by Gasteiger charge is -2.19. The largest absolute Gasteiger partial charge is 0.491 e. The quantitative estimate of drug-likeness (QED) is 0.359. The van der Waals surface area contributed by atoms with Crippen LogP contribution in [0.15, 0.2) is 29.3 Å². The van der Waals surface area contributed by atoms with Crippen molar-refractivity contribution in [3.63, 3.8) is 0 Å². The van der Waals surface area contributed by atoms with Gasteiger partial charge in [-0.1, -0.05) is 18.2 Å². The summed E-state index contributed by atoms with van der Waals surface area (Å²) in [5.74, 6) is 1.50. The number of guanidine groups is 1. The smallest absolute Gasteiger partial charge is 0.191 e. The second-order valence-electron chi connectivity index (χ2n) is 4.03. The summed E-state index contributed by atoms with van der Waals surface area (Å²) in [7, 11) is 0. The van der Waals surface area contributed by atoms with E-state index in [0.29, 0.717) is 19.1 Å². The van der Waals surface area contributed by atoms with Gasteiger partial charge in [-0.15, -0.1) is 24.0 Å². The molecule has 0 radical (unpaired) electrons. The predicted octanol–water partition coefficient (Wildman–Crippen LogP) is 2.65. The number of aliphatic imine (C=N–C) groups is 1. The molecule has 0 aliphatic heterocycles. The SMILES string of the molecule is CCN(CC)C(N)=NCCOc1ccccc1C.I. The molecule has 1 aromatic carbocycles. The number of hydrogen-bond acceptors (Lipinski definition) is 2. The molecule has 2 N–H and O–H groups in total. The maximum atomic E-state index is 5.87. The lowest BCUT2D eigenvalue weighted by atomic mass is 10.2. The van der Waals surface area contributed by atoms with Gasteiger partial charge in [0.2, 0.25) is 0 Å². The molecule has 0 saturated carbocycles. The minimum absolute atomic E-state index is 0. The van der Waals surface area contributed by atoms with Gasteiger partial charge in [-0.3, -0.25) is 0 Å². The molecule has 0 aliphatic carbocycles. The first-order valence-corrected chi connectivity index (χ1v) is 6.42. The van der Waals surface area contributed by atoms with Crippen molar-refractivity contribution in [1.29, 1.82) is 0 Å². The Morgan fingerprint density at radius 1 is 1.26 bits per heavy atom. The molecular formula is C14H24IN3O. The van der Waals surface area contributed by atoms with Gasteiger partial charge in [-0.25, -0.2) is 4.99 Å². The zero-order chi connectivity index (χ0) is 13.4. The maximum absolute atomic E-state index is 5.87. The summed E-state index contributed by atoms with van der Waals surface area (Å²) in [5, 5.41) is 0. The number of benzene rings is 1. The van der Waals surface area contributed by atoms with Crippen molar-refractivity contribution in [3.05, 3.63) is 29.8 Å². The van der Waals surface area contributed by atoms with E-state index in [4.69, 9.17) is 10.5 Å². The van der Waals surface area contributed by atoms with Crippen molar-refractivity contribution in [2.45, 2.75) is 20.8 Å². The molecule has 0 fully saturated rings. The fraction of sp³-hybridized carbons (Fsp3) is 0.500. The van der Waals surface area contributed by atoms with E-state index >= 15 is 0 Å². The summed E-state index contributed by atoms with van der Waals surface area (Å²) >= 11 is 0. The molecule has 1 rings (SSSR count). The van der Waals surface area contributed by atoms with Gasteiger partial charge in [0.05, 0.1) is 6.54 Å². The van der Waals surface area contributed by atoms with Gasteiger partial charge in [-0.2, -0.15) is 0 Å². The van der Waals surface area contributed by atoms with Gasteiger partial charge < -0.3 is 15.4 Å². The molecule has 1 aromatic rings. The highest BCUT2D eigenvalue weighted by atomic mass is 127. The van der Waals surface area contributed by atoms with Gasteiger partial charge >= 0.3 is 0 Å². The topological polar surface area (TPSA) is 50.8 Å². The van der Waals surface area contributed by atoms with E-state index in [0.717, 1.165) is 24.4 Å². The Morgan fingerprint density at radius 2 is 1.89 bits per heavy atom. The van der Waals surface area contributed by atoms with Crippen LogP contribution in [0.1, 0.15) is 19.4 Å². The van der Waals surface area contributed by atoms with Crippen LogP contribution in [0.3, 0.4) is 0 Å². The average molecular weight is 377 g/mol. The van der Waals surface area contributed by atoms with Gasteiger partial charge in [0.25, 0.3) is 0 Å². The highest BCUT2D eigenvalue weighted by molar-refractivity contribution is 14.0. The van der Waals surface area contributed by atoms with E-state index < -0.39 is 0 Å². The molecule has 19 heavy (non-hydrogen) atoms. The van der Waals surface area contributed by atoms with Crippen molar-refractivity contribution >= 4 is 29.9 Å². The molecule has 0 unspecified atom stereocenters. The molecule has 0 saturated heterocycles. The Hall–Kier alpha value is -0.980. The Bertz CT molecular complexity index is 392. The van der Waals surface area contributed by atoms with E-state index in [-0.39, 0.29) is 24.0 Å². The third-order valence-electron chi connectivity index (χ3n) is 2.80. The summed E-state index contributed by atoms with van der Waals surface area (Å²) in [6.45, 7) is 9.05. The standard InChI is InChI=1S/C14H23N3O.HI/c1-4-17(5-2)14(15)16-10-11-18-13-9-7-6-8-12(13)3;/h6-9H,4-5,10-11H2,1-3H3,(H2,15,16);1H. The monoisotopic (exact) mass is 377 g/mol.